The molecule has 0 aromatic heterocycles. The summed E-state index contributed by atoms with van der Waals surface area (Å²) < 4.78 is 0. The molecule has 2 bridgehead atoms. The van der Waals surface area contributed by atoms with Gasteiger partial charge in [-0.05, 0) is 38.1 Å². The van der Waals surface area contributed by atoms with Crippen LogP contribution in [0.15, 0.2) is 0 Å². The highest BCUT2D eigenvalue weighted by atomic mass is 16.3. The number of piperidine rings is 1. The predicted molar refractivity (Wildman–Crippen MR) is 58.1 cm³/mol. The Morgan fingerprint density at radius 2 is 2.07 bits per heavy atom. The molecule has 0 amide bonds. The fraction of sp³-hybridized carbons (Fsp3) is 1.00. The molecule has 82 valence electrons. The molecule has 0 radical (unpaired) electrons. The smallest absolute Gasteiger partial charge is 0.0476 e. The van der Waals surface area contributed by atoms with Crippen molar-refractivity contribution in [3.8, 4) is 0 Å². The highest BCUT2D eigenvalue weighted by molar-refractivity contribution is 4.98. The summed E-state index contributed by atoms with van der Waals surface area (Å²) in [4.78, 5) is 2.51. The van der Waals surface area contributed by atoms with E-state index in [-0.39, 0.29) is 0 Å². The summed E-state index contributed by atoms with van der Waals surface area (Å²) in [6.07, 6.45) is 3.95. The normalized spacial score (nSPS) is 43.5. The first kappa shape index (κ1) is 10.4. The van der Waals surface area contributed by atoms with E-state index >= 15 is 0 Å². The van der Waals surface area contributed by atoms with Crippen LogP contribution in [0.1, 0.15) is 33.1 Å². The van der Waals surface area contributed by atoms with E-state index in [0.717, 1.165) is 17.9 Å². The lowest BCUT2D eigenvalue weighted by molar-refractivity contribution is 0.0121. The van der Waals surface area contributed by atoms with E-state index in [9.17, 15) is 5.11 Å². The van der Waals surface area contributed by atoms with Gasteiger partial charge in [0.25, 0.3) is 0 Å². The molecule has 14 heavy (non-hydrogen) atoms. The number of nitrogens with zero attached hydrogens (tertiary/aromatic N) is 1. The van der Waals surface area contributed by atoms with E-state index in [0.29, 0.717) is 18.6 Å². The van der Waals surface area contributed by atoms with Gasteiger partial charge in [-0.15, -0.1) is 0 Å². The number of aliphatic hydroxyl groups excluding tert-OH is 1. The molecular formula is C12H23NO. The van der Waals surface area contributed by atoms with Crippen LogP contribution in [0, 0.1) is 17.8 Å². The number of fused-ring (bicyclic) bond motifs is 2. The first-order chi connectivity index (χ1) is 6.65. The topological polar surface area (TPSA) is 23.5 Å². The Morgan fingerprint density at radius 3 is 2.64 bits per heavy atom. The maximum Gasteiger partial charge on any atom is 0.0476 e. The van der Waals surface area contributed by atoms with Crippen molar-refractivity contribution in [1.29, 1.82) is 0 Å². The largest absolute Gasteiger partial charge is 0.396 e. The predicted octanol–water partition coefficient (Wildman–Crippen LogP) is 1.73. The third kappa shape index (κ3) is 1.49. The summed E-state index contributed by atoms with van der Waals surface area (Å²) in [5.74, 6) is 2.00. The van der Waals surface area contributed by atoms with Crippen molar-refractivity contribution in [2.24, 2.45) is 17.8 Å². The third-order valence-electron chi connectivity index (χ3n) is 4.55. The molecule has 2 unspecified atom stereocenters. The zero-order valence-electron chi connectivity index (χ0n) is 9.61. The lowest BCUT2D eigenvalue weighted by Gasteiger charge is -2.44. The minimum atomic E-state index is 0.380. The fourth-order valence-corrected chi connectivity index (χ4v) is 3.64. The van der Waals surface area contributed by atoms with E-state index in [1.807, 2.05) is 0 Å². The van der Waals surface area contributed by atoms with Crippen LogP contribution in [0.4, 0.5) is 0 Å². The standard InChI is InChI=1S/C12H23NO/c1-8(2)10-6-9-4-5-12(13(9)3)11(10)7-14/h8-12,14H,4-7H2,1-3H3/t9?,10-,11+,12?/m0/s1. The lowest BCUT2D eigenvalue weighted by Crippen LogP contribution is -2.49. The molecule has 0 aromatic rings. The van der Waals surface area contributed by atoms with E-state index in [1.165, 1.54) is 19.3 Å². The molecule has 2 aliphatic heterocycles. The Balaban J connectivity index is 2.15. The van der Waals surface area contributed by atoms with Gasteiger partial charge >= 0.3 is 0 Å². The van der Waals surface area contributed by atoms with Crippen LogP contribution in [-0.4, -0.2) is 35.7 Å². The van der Waals surface area contributed by atoms with Gasteiger partial charge in [0.05, 0.1) is 0 Å². The Labute approximate surface area is 87.3 Å². The fourth-order valence-electron chi connectivity index (χ4n) is 3.64. The number of hydrogen-bond donors (Lipinski definition) is 1. The Hall–Kier alpha value is -0.0800. The van der Waals surface area contributed by atoms with E-state index in [2.05, 4.69) is 25.8 Å². The second-order valence-electron chi connectivity index (χ2n) is 5.45. The molecule has 0 aromatic carbocycles. The summed E-state index contributed by atoms with van der Waals surface area (Å²) in [7, 11) is 2.24. The average Bonchev–Trinajstić information content (AvgIpc) is 2.41. The Morgan fingerprint density at radius 1 is 1.36 bits per heavy atom. The van der Waals surface area contributed by atoms with Gasteiger partial charge < -0.3 is 10.0 Å². The Bertz CT molecular complexity index is 204. The van der Waals surface area contributed by atoms with Gasteiger partial charge in [-0.25, -0.2) is 0 Å². The van der Waals surface area contributed by atoms with Crippen molar-refractivity contribution in [1.82, 2.24) is 4.90 Å². The molecular weight excluding hydrogens is 174 g/mol. The molecule has 2 rings (SSSR count). The van der Waals surface area contributed by atoms with Gasteiger partial charge in [0, 0.05) is 24.6 Å². The van der Waals surface area contributed by atoms with Crippen molar-refractivity contribution in [2.75, 3.05) is 13.7 Å². The number of hydrogen-bond acceptors (Lipinski definition) is 2. The highest BCUT2D eigenvalue weighted by Gasteiger charge is 2.45. The molecule has 2 nitrogen and oxygen atoms in total. The maximum atomic E-state index is 9.52. The van der Waals surface area contributed by atoms with Crippen LogP contribution < -0.4 is 0 Å². The molecule has 2 fully saturated rings. The van der Waals surface area contributed by atoms with Crippen LogP contribution in [0.5, 0.6) is 0 Å². The molecule has 0 saturated carbocycles. The van der Waals surface area contributed by atoms with Gasteiger partial charge in [-0.2, -0.15) is 0 Å². The zero-order chi connectivity index (χ0) is 10.3. The van der Waals surface area contributed by atoms with Crippen LogP contribution in [0.2, 0.25) is 0 Å². The van der Waals surface area contributed by atoms with Gasteiger partial charge in [0.1, 0.15) is 0 Å². The molecule has 2 heteroatoms. The van der Waals surface area contributed by atoms with Crippen molar-refractivity contribution in [3.63, 3.8) is 0 Å². The third-order valence-corrected chi connectivity index (χ3v) is 4.55. The number of aliphatic hydroxyl groups is 1. The molecule has 2 aliphatic rings. The first-order valence-electron chi connectivity index (χ1n) is 5.98. The van der Waals surface area contributed by atoms with Crippen LogP contribution >= 0.6 is 0 Å². The van der Waals surface area contributed by atoms with Crippen molar-refractivity contribution in [2.45, 2.75) is 45.2 Å². The summed E-state index contributed by atoms with van der Waals surface area (Å²) in [5.41, 5.74) is 0. The summed E-state index contributed by atoms with van der Waals surface area (Å²) in [6.45, 7) is 4.99. The van der Waals surface area contributed by atoms with Crippen molar-refractivity contribution < 1.29 is 5.11 Å². The average molecular weight is 197 g/mol. The highest BCUT2D eigenvalue weighted by Crippen LogP contribution is 2.43. The summed E-state index contributed by atoms with van der Waals surface area (Å²) in [5, 5.41) is 9.52. The maximum absolute atomic E-state index is 9.52. The minimum Gasteiger partial charge on any atom is -0.396 e. The molecule has 4 atom stereocenters. The molecule has 2 saturated heterocycles. The van der Waals surface area contributed by atoms with Gasteiger partial charge in [-0.1, -0.05) is 13.8 Å². The first-order valence-corrected chi connectivity index (χ1v) is 5.98. The van der Waals surface area contributed by atoms with Gasteiger partial charge in [0.15, 0.2) is 0 Å². The SMILES string of the molecule is CC(C)[C@@H]1CC2CCC([C@@H]1CO)N2C. The lowest BCUT2D eigenvalue weighted by atomic mass is 9.74. The quantitative estimate of drug-likeness (QED) is 0.729. The minimum absolute atomic E-state index is 0.380. The van der Waals surface area contributed by atoms with Gasteiger partial charge in [0.2, 0.25) is 0 Å². The van der Waals surface area contributed by atoms with E-state index in [1.54, 1.807) is 0 Å². The molecule has 1 N–H and O–H groups in total. The number of rotatable bonds is 2. The molecule has 0 aliphatic carbocycles. The summed E-state index contributed by atoms with van der Waals surface area (Å²) in [6, 6.07) is 1.46. The Kier molecular flexibility index (Phi) is 2.85. The van der Waals surface area contributed by atoms with Gasteiger partial charge in [-0.3, -0.25) is 0 Å². The van der Waals surface area contributed by atoms with Crippen LogP contribution in [0.3, 0.4) is 0 Å². The second kappa shape index (κ2) is 3.82. The molecule has 2 heterocycles. The van der Waals surface area contributed by atoms with Crippen LogP contribution in [-0.2, 0) is 0 Å². The molecule has 0 spiro atoms. The van der Waals surface area contributed by atoms with E-state index in [4.69, 9.17) is 0 Å². The monoisotopic (exact) mass is 197 g/mol. The summed E-state index contributed by atoms with van der Waals surface area (Å²) >= 11 is 0. The van der Waals surface area contributed by atoms with Crippen molar-refractivity contribution >= 4 is 0 Å². The zero-order valence-corrected chi connectivity index (χ0v) is 9.61. The second-order valence-corrected chi connectivity index (χ2v) is 5.45. The van der Waals surface area contributed by atoms with Crippen LogP contribution in [0.25, 0.3) is 0 Å². The van der Waals surface area contributed by atoms with E-state index < -0.39 is 0 Å². The van der Waals surface area contributed by atoms with Crippen molar-refractivity contribution in [3.05, 3.63) is 0 Å².